The molecule has 4 fully saturated rings. The highest BCUT2D eigenvalue weighted by molar-refractivity contribution is 7.16. The van der Waals surface area contributed by atoms with Gasteiger partial charge in [0.2, 0.25) is 11.8 Å². The van der Waals surface area contributed by atoms with Crippen LogP contribution in [0.3, 0.4) is 0 Å². The summed E-state index contributed by atoms with van der Waals surface area (Å²) >= 11 is 3.08. The fraction of sp³-hybridized carbons (Fsp3) is 0.667. The lowest BCUT2D eigenvalue weighted by Gasteiger charge is -2.52. The van der Waals surface area contributed by atoms with Crippen LogP contribution in [0.25, 0.3) is 0 Å². The fourth-order valence-electron chi connectivity index (χ4n) is 16.1. The van der Waals surface area contributed by atoms with Crippen molar-refractivity contribution in [2.45, 2.75) is 154 Å². The number of hydrogen-bond acceptors (Lipinski definition) is 12. The summed E-state index contributed by atoms with van der Waals surface area (Å²) in [6, 6.07) is 13.1. The monoisotopic (exact) mass is 1050 g/mol. The molecular formula is C60H88N8O4S2. The van der Waals surface area contributed by atoms with Gasteiger partial charge in [0.25, 0.3) is 0 Å². The van der Waals surface area contributed by atoms with Gasteiger partial charge in [-0.3, -0.25) is 9.59 Å². The van der Waals surface area contributed by atoms with Crippen molar-refractivity contribution >= 4 is 44.8 Å². The topological polar surface area (TPSA) is 155 Å². The lowest BCUT2D eigenvalue weighted by molar-refractivity contribution is -0.117. The fourth-order valence-corrected chi connectivity index (χ4v) is 17.5. The third-order valence-corrected chi connectivity index (χ3v) is 20.9. The number of phenolic OH excluding ortho intramolecular Hbond substituents is 2. The van der Waals surface area contributed by atoms with E-state index in [-0.39, 0.29) is 22.6 Å². The summed E-state index contributed by atoms with van der Waals surface area (Å²) in [4.78, 5) is 41.1. The molecule has 4 aromatic rings. The van der Waals surface area contributed by atoms with E-state index in [4.69, 9.17) is 0 Å². The number of nitrogens with one attached hydrogen (secondary N) is 4. The number of benzene rings is 2. The number of thiazole rings is 2. The second-order valence-corrected chi connectivity index (χ2v) is 27.0. The molecule has 6 N–H and O–H groups in total. The second-order valence-electron chi connectivity index (χ2n) is 24.6. The van der Waals surface area contributed by atoms with Gasteiger partial charge < -0.3 is 41.3 Å². The second kappa shape index (κ2) is 23.8. The molecule has 8 unspecified atom stereocenters. The van der Waals surface area contributed by atoms with Gasteiger partial charge in [-0.1, -0.05) is 26.0 Å². The predicted molar refractivity (Wildman–Crippen MR) is 303 cm³/mol. The zero-order chi connectivity index (χ0) is 52.3. The Kier molecular flexibility index (Phi) is 17.6. The number of carbonyl (C=O) groups is 2. The van der Waals surface area contributed by atoms with Gasteiger partial charge in [-0.25, -0.2) is 9.97 Å². The summed E-state index contributed by atoms with van der Waals surface area (Å²) in [5, 5.41) is 35.6. The summed E-state index contributed by atoms with van der Waals surface area (Å²) < 4.78 is 0. The zero-order valence-corrected chi connectivity index (χ0v) is 47.5. The molecule has 12 nitrogen and oxygen atoms in total. The van der Waals surface area contributed by atoms with Gasteiger partial charge in [-0.15, -0.1) is 22.7 Å². The minimum Gasteiger partial charge on any atom is -0.508 e. The molecule has 6 aliphatic rings. The molecule has 12 atom stereocenters. The highest BCUT2D eigenvalue weighted by atomic mass is 32.1. The van der Waals surface area contributed by atoms with Crippen molar-refractivity contribution in [2.75, 3.05) is 65.0 Å². The predicted octanol–water partition coefficient (Wildman–Crippen LogP) is 11.1. The van der Waals surface area contributed by atoms with E-state index in [2.05, 4.69) is 95.2 Å². The summed E-state index contributed by atoms with van der Waals surface area (Å²) in [7, 11) is 8.57. The molecule has 2 amide bonds. The number of fused-ring (bicyclic) bond motifs is 10. The molecule has 0 spiro atoms. The maximum Gasteiger partial charge on any atom is 0.226 e. The summed E-state index contributed by atoms with van der Waals surface area (Å²) in [5.41, 5.74) is 6.15. The number of hydrogen-bond donors (Lipinski definition) is 6. The third kappa shape index (κ3) is 12.3. The molecule has 0 saturated heterocycles. The Balaban J connectivity index is 0.000000182. The molecule has 0 bridgehead atoms. The summed E-state index contributed by atoms with van der Waals surface area (Å²) in [5.74, 6) is 5.75. The Morgan fingerprint density at radius 3 is 1.45 bits per heavy atom. The lowest BCUT2D eigenvalue weighted by atomic mass is 9.53. The van der Waals surface area contributed by atoms with Crippen LogP contribution in [0.1, 0.15) is 148 Å². The Hall–Kier alpha value is -3.92. The Morgan fingerprint density at radius 1 is 0.649 bits per heavy atom. The molecule has 2 aromatic heterocycles. The maximum atomic E-state index is 12.9. The number of anilines is 2. The van der Waals surface area contributed by atoms with E-state index in [0.717, 1.165) is 74.5 Å². The molecular weight excluding hydrogens is 961 g/mol. The van der Waals surface area contributed by atoms with Crippen molar-refractivity contribution in [3.05, 3.63) is 80.8 Å². The average Bonchev–Trinajstić information content (AvgIpc) is 4.12. The molecule has 6 aliphatic carbocycles. The number of aryl methyl sites for hydroxylation is 4. The van der Waals surface area contributed by atoms with Crippen LogP contribution >= 0.6 is 22.7 Å². The van der Waals surface area contributed by atoms with E-state index >= 15 is 0 Å². The smallest absolute Gasteiger partial charge is 0.226 e. The summed E-state index contributed by atoms with van der Waals surface area (Å²) in [6.07, 6.45) is 20.7. The van der Waals surface area contributed by atoms with Crippen LogP contribution in [0.2, 0.25) is 0 Å². The number of phenols is 2. The number of carbonyl (C=O) groups excluding carboxylic acids is 2. The van der Waals surface area contributed by atoms with E-state index in [1.165, 1.54) is 73.6 Å². The van der Waals surface area contributed by atoms with Crippen molar-refractivity contribution < 1.29 is 19.8 Å². The number of aromatic hydroxyl groups is 2. The van der Waals surface area contributed by atoms with E-state index in [0.29, 0.717) is 94.0 Å². The molecule has 74 heavy (non-hydrogen) atoms. The number of rotatable bonds is 18. The summed E-state index contributed by atoms with van der Waals surface area (Å²) in [6.45, 7) is 13.4. The lowest BCUT2D eigenvalue weighted by Crippen LogP contribution is -2.49. The van der Waals surface area contributed by atoms with E-state index in [1.54, 1.807) is 22.7 Å². The largest absolute Gasteiger partial charge is 0.508 e. The third-order valence-electron chi connectivity index (χ3n) is 19.3. The van der Waals surface area contributed by atoms with Gasteiger partial charge in [-0.2, -0.15) is 0 Å². The average molecular weight is 1050 g/mol. The van der Waals surface area contributed by atoms with Crippen LogP contribution in [0.15, 0.2) is 48.8 Å². The normalized spacial score (nSPS) is 30.6. The van der Waals surface area contributed by atoms with Gasteiger partial charge in [0.1, 0.15) is 11.5 Å². The SMILES string of the molecule is Cc1cnc(NC(=O)CC[C@@H]2CC(NCCCN(C)C)[C@@]3(C)CCC4c5ccc(O)cc5CCC4C23)s1.Cc1cnc(NC(=O)CC[C@@H]2CC(NCCCN(C)C)[C@@]3(C)CCC4c5ccc(O)cc5CCC4C23)s1. The quantitative estimate of drug-likeness (QED) is 0.0531. The van der Waals surface area contributed by atoms with E-state index in [1.807, 2.05) is 50.5 Å². The molecule has 2 heterocycles. The van der Waals surface area contributed by atoms with Crippen molar-refractivity contribution in [3.63, 3.8) is 0 Å². The van der Waals surface area contributed by atoms with Gasteiger partial charge in [-0.05, 0) is 263 Å². The number of nitrogens with zero attached hydrogens (tertiary/aromatic N) is 4. The highest BCUT2D eigenvalue weighted by Crippen LogP contribution is 2.65. The van der Waals surface area contributed by atoms with Crippen LogP contribution in [0.4, 0.5) is 10.3 Å². The van der Waals surface area contributed by atoms with Crippen LogP contribution in [0, 0.1) is 60.2 Å². The van der Waals surface area contributed by atoms with Crippen LogP contribution in [0.5, 0.6) is 11.5 Å². The maximum absolute atomic E-state index is 12.9. The molecule has 0 aliphatic heterocycles. The molecule has 10 rings (SSSR count). The van der Waals surface area contributed by atoms with Gasteiger partial charge >= 0.3 is 0 Å². The Morgan fingerprint density at radius 2 is 1.07 bits per heavy atom. The van der Waals surface area contributed by atoms with Crippen molar-refractivity contribution in [3.8, 4) is 11.5 Å². The van der Waals surface area contributed by atoms with Gasteiger partial charge in [0.15, 0.2) is 10.3 Å². The first kappa shape index (κ1) is 54.9. The molecule has 0 radical (unpaired) electrons. The number of amides is 2. The standard InChI is InChI=1S/2C30H44N4O2S/c2*1-19-18-32-29(37-19)33-27(36)11-7-21-17-26(31-14-5-15-34(3)4)30(2)13-12-24-23-10-8-22(35)16-20(23)6-9-25(24)28(21)30/h2*8,10,16,18,21,24-26,28,31,35H,5-7,9,11-15,17H2,1-4H3,(H,32,33,36)/t2*21-,24?,25?,26?,28?,30-/m11/s1. The van der Waals surface area contributed by atoms with Crippen LogP contribution in [-0.4, -0.2) is 108 Å². The minimum absolute atomic E-state index is 0.0928. The highest BCUT2D eigenvalue weighted by Gasteiger charge is 2.60. The van der Waals surface area contributed by atoms with E-state index < -0.39 is 0 Å². The minimum atomic E-state index is 0.0928. The molecule has 404 valence electrons. The van der Waals surface area contributed by atoms with E-state index in [9.17, 15) is 19.8 Å². The first-order chi connectivity index (χ1) is 35.5. The molecule has 2 aromatic carbocycles. The number of aromatic nitrogens is 2. The first-order valence-electron chi connectivity index (χ1n) is 28.3. The Labute approximate surface area is 450 Å². The Bertz CT molecular complexity index is 2370. The first-order valence-corrected chi connectivity index (χ1v) is 30.0. The molecule has 14 heteroatoms. The van der Waals surface area contributed by atoms with Crippen molar-refractivity contribution in [1.82, 2.24) is 30.4 Å². The van der Waals surface area contributed by atoms with Crippen LogP contribution in [-0.2, 0) is 22.4 Å². The molecule has 4 saturated carbocycles. The van der Waals surface area contributed by atoms with Gasteiger partial charge in [0, 0.05) is 47.1 Å². The van der Waals surface area contributed by atoms with Gasteiger partial charge in [0.05, 0.1) is 0 Å². The zero-order valence-electron chi connectivity index (χ0n) is 45.9. The van der Waals surface area contributed by atoms with Crippen molar-refractivity contribution in [1.29, 1.82) is 0 Å². The van der Waals surface area contributed by atoms with Crippen LogP contribution < -0.4 is 21.3 Å². The van der Waals surface area contributed by atoms with Crippen molar-refractivity contribution in [2.24, 2.45) is 46.3 Å².